The normalized spacial score (nSPS) is 12.7. The van der Waals surface area contributed by atoms with Crippen LogP contribution in [0.2, 0.25) is 0 Å². The number of rotatable bonds is 4. The monoisotopic (exact) mass is 513 g/mol. The Kier molecular flexibility index (Phi) is 7.03. The van der Waals surface area contributed by atoms with E-state index in [0.29, 0.717) is 0 Å². The third-order valence-electron chi connectivity index (χ3n) is 6.50. The molecule has 0 unspecified atom stereocenters. The van der Waals surface area contributed by atoms with Gasteiger partial charge in [-0.2, -0.15) is 0 Å². The van der Waals surface area contributed by atoms with Gasteiger partial charge in [-0.15, -0.1) is 39.7 Å². The molecule has 1 aliphatic rings. The van der Waals surface area contributed by atoms with Gasteiger partial charge < -0.3 is 0 Å². The van der Waals surface area contributed by atoms with Crippen LogP contribution in [0, 0.1) is 0 Å². The minimum absolute atomic E-state index is 1.08. The molecule has 1 aliphatic carbocycles. The Balaban J connectivity index is 0.000000152. The molecule has 0 aliphatic heterocycles. The van der Waals surface area contributed by atoms with Crippen LogP contribution in [0.1, 0.15) is 36.5 Å². The zero-order chi connectivity index (χ0) is 23.3. The second kappa shape index (κ2) is 10.5. The van der Waals surface area contributed by atoms with Crippen molar-refractivity contribution in [2.75, 3.05) is 0 Å². The Morgan fingerprint density at radius 1 is 0.735 bits per heavy atom. The van der Waals surface area contributed by atoms with Gasteiger partial charge in [-0.3, -0.25) is 0 Å². The van der Waals surface area contributed by atoms with Gasteiger partial charge in [-0.05, 0) is 29.6 Å². The van der Waals surface area contributed by atoms with Crippen molar-refractivity contribution in [1.82, 2.24) is 0 Å². The van der Waals surface area contributed by atoms with Crippen molar-refractivity contribution in [3.05, 3.63) is 144 Å². The summed E-state index contributed by atoms with van der Waals surface area (Å²) in [5.74, 6) is 0. The molecule has 6 rings (SSSR count). The molecule has 0 N–H and O–H groups in total. The molecule has 0 spiro atoms. The van der Waals surface area contributed by atoms with E-state index < -0.39 is 0 Å². The molecular formula is C33H27Zr-. The molecule has 0 saturated carbocycles. The van der Waals surface area contributed by atoms with E-state index in [1.165, 1.54) is 76.8 Å². The first kappa shape index (κ1) is 22.8. The van der Waals surface area contributed by atoms with Gasteiger partial charge in [0.1, 0.15) is 0 Å². The molecule has 0 nitrogen and oxygen atoms in total. The molecule has 0 aromatic heterocycles. The zero-order valence-corrected chi connectivity index (χ0v) is 21.9. The van der Waals surface area contributed by atoms with Crippen LogP contribution in [0.25, 0.3) is 27.1 Å². The summed E-state index contributed by atoms with van der Waals surface area (Å²) in [5.41, 5.74) is 7.03. The maximum absolute atomic E-state index is 2.37. The van der Waals surface area contributed by atoms with Crippen molar-refractivity contribution >= 4 is 30.3 Å². The van der Waals surface area contributed by atoms with E-state index in [0.717, 1.165) is 12.8 Å². The van der Waals surface area contributed by atoms with Crippen LogP contribution in [-0.4, -0.2) is 3.21 Å². The van der Waals surface area contributed by atoms with Crippen molar-refractivity contribution in [1.29, 1.82) is 0 Å². The van der Waals surface area contributed by atoms with Crippen molar-refractivity contribution in [2.45, 2.75) is 19.8 Å². The van der Waals surface area contributed by atoms with E-state index in [1.807, 2.05) is 0 Å². The first-order valence-electron chi connectivity index (χ1n) is 11.9. The molecule has 0 radical (unpaired) electrons. The second-order valence-corrected chi connectivity index (χ2v) is 9.83. The molecule has 0 bridgehead atoms. The van der Waals surface area contributed by atoms with Crippen LogP contribution in [0.5, 0.6) is 0 Å². The van der Waals surface area contributed by atoms with Crippen LogP contribution in [0.15, 0.2) is 127 Å². The molecular weight excluding hydrogens is 488 g/mol. The van der Waals surface area contributed by atoms with Gasteiger partial charge in [-0.25, -0.2) is 0 Å². The van der Waals surface area contributed by atoms with Crippen molar-refractivity contribution in [3.8, 4) is 0 Å². The minimum atomic E-state index is 1.08. The predicted molar refractivity (Wildman–Crippen MR) is 144 cm³/mol. The average molecular weight is 515 g/mol. The van der Waals surface area contributed by atoms with Gasteiger partial charge in [0.25, 0.3) is 0 Å². The Hall–Kier alpha value is -3.02. The van der Waals surface area contributed by atoms with Crippen molar-refractivity contribution in [2.24, 2.45) is 0 Å². The van der Waals surface area contributed by atoms with Crippen LogP contribution in [-0.2, 0) is 24.2 Å². The standard InChI is InChI=1S/C20H17.C13H10.Zr/c1-2-14-7-5-9-18(14)17-11-10-16-12-15-6-3-4-8-19(15)20(16)13-17;1-3-7-12(8-4-1)11-13-9-5-2-6-10-13;/h3-8,10-13H,2,9H2,1H3;1-10H;/q-1;;. The molecule has 0 amide bonds. The number of allylic oxidation sites excluding steroid dienone is 4. The molecule has 0 fully saturated rings. The molecule has 5 aromatic rings. The van der Waals surface area contributed by atoms with Gasteiger partial charge in [0.15, 0.2) is 0 Å². The number of hydrogen-bond acceptors (Lipinski definition) is 0. The summed E-state index contributed by atoms with van der Waals surface area (Å²) in [7, 11) is 0. The fourth-order valence-corrected chi connectivity index (χ4v) is 5.52. The number of benzene rings is 4. The van der Waals surface area contributed by atoms with E-state index in [2.05, 4.69) is 128 Å². The van der Waals surface area contributed by atoms with Crippen LogP contribution in [0.3, 0.4) is 0 Å². The summed E-state index contributed by atoms with van der Waals surface area (Å²) in [6, 6.07) is 39.0. The van der Waals surface area contributed by atoms with E-state index in [1.54, 1.807) is 0 Å². The topological polar surface area (TPSA) is 0 Å². The maximum atomic E-state index is 2.37. The first-order valence-corrected chi connectivity index (χ1v) is 13.1. The fraction of sp³-hybridized carbons (Fsp3) is 0.0909. The Morgan fingerprint density at radius 2 is 1.35 bits per heavy atom. The third kappa shape index (κ3) is 4.77. The Morgan fingerprint density at radius 3 is 2.03 bits per heavy atom. The van der Waals surface area contributed by atoms with Gasteiger partial charge in [0.05, 0.1) is 0 Å². The quantitative estimate of drug-likeness (QED) is 0.211. The van der Waals surface area contributed by atoms with E-state index in [-0.39, 0.29) is 0 Å². The Labute approximate surface area is 217 Å². The summed E-state index contributed by atoms with van der Waals surface area (Å²) in [4.78, 5) is 0. The summed E-state index contributed by atoms with van der Waals surface area (Å²) in [6.45, 7) is 2.24. The van der Waals surface area contributed by atoms with Gasteiger partial charge in [-0.1, -0.05) is 49.4 Å². The average Bonchev–Trinajstić information content (AvgIpc) is 3.54. The molecule has 0 heterocycles. The van der Waals surface area contributed by atoms with Gasteiger partial charge >= 0.3 is 99.2 Å². The summed E-state index contributed by atoms with van der Waals surface area (Å²) in [5, 5.41) is 5.44. The second-order valence-electron chi connectivity index (χ2n) is 8.60. The molecule has 0 saturated heterocycles. The van der Waals surface area contributed by atoms with E-state index in [9.17, 15) is 0 Å². The van der Waals surface area contributed by atoms with Gasteiger partial charge in [0, 0.05) is 0 Å². The molecule has 0 atom stereocenters. The van der Waals surface area contributed by atoms with Crippen LogP contribution in [0.4, 0.5) is 0 Å². The molecule has 34 heavy (non-hydrogen) atoms. The van der Waals surface area contributed by atoms with Crippen molar-refractivity contribution < 1.29 is 24.2 Å². The summed E-state index contributed by atoms with van der Waals surface area (Å²) in [6.07, 6.45) is 6.75. The summed E-state index contributed by atoms with van der Waals surface area (Å²) >= 11 is 1.46. The molecule has 1 heteroatoms. The molecule has 164 valence electrons. The van der Waals surface area contributed by atoms with E-state index in [4.69, 9.17) is 0 Å². The third-order valence-corrected chi connectivity index (χ3v) is 7.92. The van der Waals surface area contributed by atoms with Crippen molar-refractivity contribution in [3.63, 3.8) is 0 Å². The zero-order valence-electron chi connectivity index (χ0n) is 19.5. The molecule has 5 aromatic carbocycles. The van der Waals surface area contributed by atoms with Crippen LogP contribution >= 0.6 is 0 Å². The predicted octanol–water partition coefficient (Wildman–Crippen LogP) is 8.64. The van der Waals surface area contributed by atoms with Crippen LogP contribution < -0.4 is 0 Å². The summed E-state index contributed by atoms with van der Waals surface area (Å²) < 4.78 is 1.42. The Bertz CT molecular complexity index is 1460. The first-order chi connectivity index (χ1) is 16.7. The number of fused-ring (bicyclic) bond motifs is 3. The fourth-order valence-electron chi connectivity index (χ4n) is 4.70. The van der Waals surface area contributed by atoms with E-state index >= 15 is 0 Å². The number of hydrogen-bond donors (Lipinski definition) is 0. The van der Waals surface area contributed by atoms with Gasteiger partial charge in [0.2, 0.25) is 0 Å². The SMILES string of the molecule is CCC1=C(c2ccc3[cH-]c4ccccc4c3c2)CC=C1.[Zr]=[C](c1ccccc1)c1ccccc1.